The van der Waals surface area contributed by atoms with Crippen LogP contribution in [0.1, 0.15) is 46.7 Å². The summed E-state index contributed by atoms with van der Waals surface area (Å²) in [4.78, 5) is 14.7. The van der Waals surface area contributed by atoms with E-state index in [0.717, 1.165) is 36.2 Å². The van der Waals surface area contributed by atoms with Crippen LogP contribution in [0.5, 0.6) is 17.2 Å². The van der Waals surface area contributed by atoms with E-state index >= 15 is 0 Å². The highest BCUT2D eigenvalue weighted by molar-refractivity contribution is 5.94. The fourth-order valence-corrected chi connectivity index (χ4v) is 4.68. The maximum atomic E-state index is 12.5. The molecular formula is C25H30N6O5. The lowest BCUT2D eigenvalue weighted by atomic mass is 9.90. The van der Waals surface area contributed by atoms with Crippen molar-refractivity contribution in [2.24, 2.45) is 0 Å². The number of nitrogens with zero attached hydrogens (tertiary/aromatic N) is 5. The molecule has 2 aromatic carbocycles. The molecule has 190 valence electrons. The maximum absolute atomic E-state index is 12.5. The average molecular weight is 495 g/mol. The normalized spacial score (nSPS) is 16.6. The van der Waals surface area contributed by atoms with Crippen molar-refractivity contribution >= 4 is 5.91 Å². The minimum atomic E-state index is -0.262. The predicted molar refractivity (Wildman–Crippen MR) is 130 cm³/mol. The lowest BCUT2D eigenvalue weighted by molar-refractivity contribution is 0.0944. The number of hydrogen-bond acceptors (Lipinski definition) is 9. The zero-order valence-electron chi connectivity index (χ0n) is 20.7. The summed E-state index contributed by atoms with van der Waals surface area (Å²) < 4.78 is 24.2. The zero-order valence-corrected chi connectivity index (χ0v) is 20.7. The molecule has 3 heterocycles. The number of methoxy groups -OCH3 is 1. The monoisotopic (exact) mass is 494 g/mol. The van der Waals surface area contributed by atoms with Gasteiger partial charge in [0.2, 0.25) is 12.5 Å². The highest BCUT2D eigenvalue weighted by Crippen LogP contribution is 2.50. The topological polar surface area (TPSA) is 113 Å². The van der Waals surface area contributed by atoms with Gasteiger partial charge in [-0.1, -0.05) is 0 Å². The Morgan fingerprint density at radius 3 is 2.86 bits per heavy atom. The third-order valence-corrected chi connectivity index (χ3v) is 6.46. The molecule has 1 amide bonds. The number of carbonyl (C=O) groups is 1. The molecule has 3 aromatic rings. The molecular weight excluding hydrogens is 464 g/mol. The van der Waals surface area contributed by atoms with Gasteiger partial charge in [0.25, 0.3) is 5.91 Å². The fraction of sp³-hybridized carbons (Fsp3) is 0.440. The van der Waals surface area contributed by atoms with Crippen molar-refractivity contribution in [2.75, 3.05) is 47.3 Å². The summed E-state index contributed by atoms with van der Waals surface area (Å²) in [6.45, 7) is 4.80. The first-order valence-corrected chi connectivity index (χ1v) is 12.1. The van der Waals surface area contributed by atoms with Crippen molar-refractivity contribution in [1.29, 1.82) is 0 Å². The van der Waals surface area contributed by atoms with Gasteiger partial charge in [0.05, 0.1) is 12.8 Å². The van der Waals surface area contributed by atoms with Gasteiger partial charge in [-0.2, -0.15) is 4.68 Å². The predicted octanol–water partition coefficient (Wildman–Crippen LogP) is 2.13. The second-order valence-corrected chi connectivity index (χ2v) is 8.65. The molecule has 0 bridgehead atoms. The van der Waals surface area contributed by atoms with Crippen molar-refractivity contribution in [1.82, 2.24) is 30.4 Å². The van der Waals surface area contributed by atoms with Gasteiger partial charge >= 0.3 is 0 Å². The van der Waals surface area contributed by atoms with Crippen molar-refractivity contribution in [2.45, 2.75) is 25.8 Å². The fourth-order valence-electron chi connectivity index (χ4n) is 4.68. The molecule has 2 aliphatic rings. The van der Waals surface area contributed by atoms with E-state index in [2.05, 4.69) is 25.7 Å². The molecule has 1 atom stereocenters. The molecule has 5 rings (SSSR count). The van der Waals surface area contributed by atoms with Crippen molar-refractivity contribution in [3.8, 4) is 22.9 Å². The number of aromatic nitrogens is 4. The van der Waals surface area contributed by atoms with Gasteiger partial charge in [-0.25, -0.2) is 0 Å². The highest BCUT2D eigenvalue weighted by atomic mass is 16.7. The van der Waals surface area contributed by atoms with E-state index in [4.69, 9.17) is 18.9 Å². The quantitative estimate of drug-likeness (QED) is 0.447. The number of ether oxygens (including phenoxy) is 4. The number of carbonyl (C=O) groups excluding carboxylic acids is 1. The maximum Gasteiger partial charge on any atom is 0.251 e. The molecule has 1 aromatic heterocycles. The molecule has 1 unspecified atom stereocenters. The number of amides is 1. The van der Waals surface area contributed by atoms with E-state index < -0.39 is 0 Å². The zero-order chi connectivity index (χ0) is 25.1. The van der Waals surface area contributed by atoms with Crippen LogP contribution in [0.15, 0.2) is 30.3 Å². The van der Waals surface area contributed by atoms with E-state index in [0.29, 0.717) is 48.4 Å². The SMILES string of the molecule is CCOCCCNC(=O)c1ccc(-n2nnnc2C2c3c(cc4c(c3OC)OCO4)CCN2C)cc1. The third kappa shape index (κ3) is 4.47. The van der Waals surface area contributed by atoms with Crippen LogP contribution in [0.2, 0.25) is 0 Å². The largest absolute Gasteiger partial charge is 0.492 e. The van der Waals surface area contributed by atoms with Crippen molar-refractivity contribution in [3.63, 3.8) is 0 Å². The third-order valence-electron chi connectivity index (χ3n) is 6.46. The van der Waals surface area contributed by atoms with Crippen LogP contribution >= 0.6 is 0 Å². The molecule has 0 saturated carbocycles. The van der Waals surface area contributed by atoms with Crippen LogP contribution in [0.25, 0.3) is 5.69 Å². The Kier molecular flexibility index (Phi) is 7.01. The van der Waals surface area contributed by atoms with Crippen LogP contribution in [-0.4, -0.2) is 78.3 Å². The molecule has 2 aliphatic heterocycles. The smallest absolute Gasteiger partial charge is 0.251 e. The number of rotatable bonds is 9. The summed E-state index contributed by atoms with van der Waals surface area (Å²) in [6.07, 6.45) is 1.61. The number of nitrogens with one attached hydrogen (secondary N) is 1. The first-order valence-electron chi connectivity index (χ1n) is 12.1. The molecule has 36 heavy (non-hydrogen) atoms. The molecule has 0 aliphatic carbocycles. The summed E-state index contributed by atoms with van der Waals surface area (Å²) in [5.74, 6) is 2.45. The Hall–Kier alpha value is -3.70. The highest BCUT2D eigenvalue weighted by Gasteiger charge is 2.37. The van der Waals surface area contributed by atoms with E-state index in [-0.39, 0.29) is 18.7 Å². The molecule has 0 fully saturated rings. The first kappa shape index (κ1) is 24.0. The van der Waals surface area contributed by atoms with Crippen LogP contribution in [-0.2, 0) is 11.2 Å². The molecule has 11 nitrogen and oxygen atoms in total. The molecule has 0 spiro atoms. The lowest BCUT2D eigenvalue weighted by Gasteiger charge is -2.34. The summed E-state index contributed by atoms with van der Waals surface area (Å²) in [5, 5.41) is 15.6. The minimum Gasteiger partial charge on any atom is -0.492 e. The second kappa shape index (κ2) is 10.5. The Morgan fingerprint density at radius 2 is 2.08 bits per heavy atom. The summed E-state index contributed by atoms with van der Waals surface area (Å²) in [6, 6.07) is 8.99. The van der Waals surface area contributed by atoms with E-state index in [1.54, 1.807) is 23.9 Å². The Bertz CT molecular complexity index is 1230. The lowest BCUT2D eigenvalue weighted by Crippen LogP contribution is -2.35. The standard InChI is InChI=1S/C25H30N6O5/c1-4-34-13-5-11-26-25(32)16-6-8-18(9-7-16)31-24(27-28-29-31)21-20-17(10-12-30(21)2)14-19-22(23(20)33-3)36-15-35-19/h6-9,14,21H,4-5,10-13,15H2,1-3H3,(H,26,32). The Labute approximate surface area is 209 Å². The molecule has 0 saturated heterocycles. The number of likely N-dealkylation sites (N-methyl/N-ethyl adjacent to an activating group) is 1. The molecule has 11 heteroatoms. The van der Waals surface area contributed by atoms with E-state index in [9.17, 15) is 4.79 Å². The molecule has 0 radical (unpaired) electrons. The van der Waals surface area contributed by atoms with Crippen LogP contribution in [0.3, 0.4) is 0 Å². The van der Waals surface area contributed by atoms with Gasteiger partial charge < -0.3 is 24.3 Å². The first-order chi connectivity index (χ1) is 17.6. The van der Waals surface area contributed by atoms with E-state index in [1.807, 2.05) is 32.2 Å². The van der Waals surface area contributed by atoms with Crippen LogP contribution < -0.4 is 19.5 Å². The Morgan fingerprint density at radius 1 is 1.25 bits per heavy atom. The number of hydrogen-bond donors (Lipinski definition) is 1. The van der Waals surface area contributed by atoms with Crippen LogP contribution in [0.4, 0.5) is 0 Å². The van der Waals surface area contributed by atoms with Crippen molar-refractivity contribution < 1.29 is 23.7 Å². The minimum absolute atomic E-state index is 0.128. The van der Waals surface area contributed by atoms with Gasteiger partial charge in [-0.3, -0.25) is 9.69 Å². The van der Waals surface area contributed by atoms with E-state index in [1.165, 1.54) is 0 Å². The number of fused-ring (bicyclic) bond motifs is 2. The van der Waals surface area contributed by atoms with Crippen molar-refractivity contribution in [3.05, 3.63) is 52.8 Å². The summed E-state index contributed by atoms with van der Waals surface area (Å²) in [7, 11) is 3.67. The summed E-state index contributed by atoms with van der Waals surface area (Å²) >= 11 is 0. The summed E-state index contributed by atoms with van der Waals surface area (Å²) in [5.41, 5.74) is 3.40. The van der Waals surface area contributed by atoms with Gasteiger partial charge in [-0.15, -0.1) is 5.10 Å². The Balaban J connectivity index is 1.42. The van der Waals surface area contributed by atoms with Crippen LogP contribution in [0, 0.1) is 0 Å². The van der Waals surface area contributed by atoms with Gasteiger partial charge in [0.1, 0.15) is 6.04 Å². The van der Waals surface area contributed by atoms with Gasteiger partial charge in [0.15, 0.2) is 17.3 Å². The average Bonchev–Trinajstić information content (AvgIpc) is 3.57. The number of tetrazole rings is 1. The van der Waals surface area contributed by atoms with Gasteiger partial charge in [0, 0.05) is 37.4 Å². The van der Waals surface area contributed by atoms with Gasteiger partial charge in [-0.05, 0) is 73.1 Å². The number of benzene rings is 2. The second-order valence-electron chi connectivity index (χ2n) is 8.65. The molecule has 1 N–H and O–H groups in total.